The summed E-state index contributed by atoms with van der Waals surface area (Å²) >= 11 is 0. The van der Waals surface area contributed by atoms with Crippen LogP contribution in [0.1, 0.15) is 51.0 Å². The number of piperidine rings is 3. The molecule has 3 saturated heterocycles. The van der Waals surface area contributed by atoms with Crippen LogP contribution in [0.5, 0.6) is 0 Å². The van der Waals surface area contributed by atoms with E-state index >= 15 is 0 Å². The summed E-state index contributed by atoms with van der Waals surface area (Å²) in [7, 11) is 0. The fourth-order valence-electron chi connectivity index (χ4n) is 5.41. The second-order valence-electron chi connectivity index (χ2n) is 9.57. The van der Waals surface area contributed by atoms with Gasteiger partial charge in [-0.1, -0.05) is 24.3 Å². The molecule has 0 N–H and O–H groups in total. The summed E-state index contributed by atoms with van der Waals surface area (Å²) in [5, 5.41) is 0. The van der Waals surface area contributed by atoms with E-state index in [4.69, 9.17) is 4.74 Å². The Morgan fingerprint density at radius 1 is 1.17 bits per heavy atom. The molecule has 0 spiro atoms. The Morgan fingerprint density at radius 2 is 1.90 bits per heavy atom. The van der Waals surface area contributed by atoms with Crippen LogP contribution in [-0.4, -0.2) is 43.3 Å². The number of allylic oxidation sites excluding steroid dienone is 1. The van der Waals surface area contributed by atoms with Crippen LogP contribution in [0.2, 0.25) is 0 Å². The van der Waals surface area contributed by atoms with Gasteiger partial charge in [-0.2, -0.15) is 0 Å². The van der Waals surface area contributed by atoms with E-state index in [1.807, 2.05) is 17.0 Å². The van der Waals surface area contributed by atoms with E-state index in [2.05, 4.69) is 37.5 Å². The third-order valence-corrected chi connectivity index (χ3v) is 7.37. The molecule has 158 valence electrons. The lowest BCUT2D eigenvalue weighted by Gasteiger charge is -2.44. The average molecular weight is 397 g/mol. The molecule has 1 aromatic rings. The van der Waals surface area contributed by atoms with Crippen molar-refractivity contribution < 1.29 is 9.53 Å². The Labute approximate surface area is 175 Å². The van der Waals surface area contributed by atoms with Crippen LogP contribution < -0.4 is 4.90 Å². The Balaban J connectivity index is 1.45. The van der Waals surface area contributed by atoms with Gasteiger partial charge in [0, 0.05) is 18.8 Å². The second-order valence-corrected chi connectivity index (χ2v) is 9.57. The summed E-state index contributed by atoms with van der Waals surface area (Å²) in [5.74, 6) is 1.72. The van der Waals surface area contributed by atoms with Gasteiger partial charge < -0.3 is 4.74 Å². The molecule has 4 fully saturated rings. The quantitative estimate of drug-likeness (QED) is 0.624. The zero-order chi connectivity index (χ0) is 20.4. The molecule has 4 aliphatic rings. The van der Waals surface area contributed by atoms with Gasteiger partial charge in [0.25, 0.3) is 0 Å². The van der Waals surface area contributed by atoms with Crippen molar-refractivity contribution in [3.05, 3.63) is 42.0 Å². The monoisotopic (exact) mass is 396 g/mol. The SMILES string of the molecule is C=C(C)C1CCC(CN(C(=O)O[C@H]2CN3CCC2CC3)c2cccc(C)c2)CC1. The molecular formula is C25H36N2O2. The van der Waals surface area contributed by atoms with E-state index < -0.39 is 0 Å². The van der Waals surface area contributed by atoms with Crippen LogP contribution >= 0.6 is 0 Å². The van der Waals surface area contributed by atoms with Crippen molar-refractivity contribution in [2.45, 2.75) is 58.5 Å². The number of fused-ring (bicyclic) bond motifs is 3. The maximum atomic E-state index is 13.3. The van der Waals surface area contributed by atoms with E-state index in [1.165, 1.54) is 24.0 Å². The first kappa shape index (κ1) is 20.5. The lowest BCUT2D eigenvalue weighted by Crippen LogP contribution is -2.53. The van der Waals surface area contributed by atoms with Crippen molar-refractivity contribution in [2.75, 3.05) is 31.1 Å². The Bertz CT molecular complexity index is 730. The first-order valence-electron chi connectivity index (χ1n) is 11.4. The van der Waals surface area contributed by atoms with E-state index in [0.717, 1.165) is 57.5 Å². The first-order chi connectivity index (χ1) is 14.0. The second kappa shape index (κ2) is 8.91. The van der Waals surface area contributed by atoms with Crippen LogP contribution in [0.3, 0.4) is 0 Å². The van der Waals surface area contributed by atoms with E-state index in [1.54, 1.807) is 0 Å². The number of benzene rings is 1. The van der Waals surface area contributed by atoms with Gasteiger partial charge in [0.2, 0.25) is 0 Å². The van der Waals surface area contributed by atoms with Crippen LogP contribution in [0.4, 0.5) is 10.5 Å². The summed E-state index contributed by atoms with van der Waals surface area (Å²) in [6.45, 7) is 12.4. The molecule has 29 heavy (non-hydrogen) atoms. The minimum Gasteiger partial charge on any atom is -0.444 e. The number of nitrogens with zero attached hydrogens (tertiary/aromatic N) is 2. The third-order valence-electron chi connectivity index (χ3n) is 7.37. The molecule has 1 atom stereocenters. The largest absolute Gasteiger partial charge is 0.444 e. The summed E-state index contributed by atoms with van der Waals surface area (Å²) in [6.07, 6.45) is 6.92. The summed E-state index contributed by atoms with van der Waals surface area (Å²) in [5.41, 5.74) is 3.45. The van der Waals surface area contributed by atoms with E-state index in [9.17, 15) is 4.79 Å². The molecule has 1 aliphatic carbocycles. The number of amides is 1. The molecule has 0 radical (unpaired) electrons. The van der Waals surface area contributed by atoms with Crippen molar-refractivity contribution in [3.63, 3.8) is 0 Å². The molecule has 5 rings (SSSR count). The van der Waals surface area contributed by atoms with Crippen molar-refractivity contribution in [1.82, 2.24) is 4.90 Å². The summed E-state index contributed by atoms with van der Waals surface area (Å²) in [4.78, 5) is 17.7. The number of aryl methyl sites for hydroxylation is 1. The van der Waals surface area contributed by atoms with Crippen molar-refractivity contribution >= 4 is 11.8 Å². The highest BCUT2D eigenvalue weighted by atomic mass is 16.6. The number of carbonyl (C=O) groups is 1. The number of hydrogen-bond donors (Lipinski definition) is 0. The molecule has 0 aromatic heterocycles. The minimum absolute atomic E-state index is 0.0523. The van der Waals surface area contributed by atoms with Crippen molar-refractivity contribution in [1.29, 1.82) is 0 Å². The molecule has 2 bridgehead atoms. The lowest BCUT2D eigenvalue weighted by atomic mass is 9.79. The molecule has 0 unspecified atom stereocenters. The van der Waals surface area contributed by atoms with Gasteiger partial charge in [-0.15, -0.1) is 0 Å². The minimum atomic E-state index is -0.156. The van der Waals surface area contributed by atoms with Crippen molar-refractivity contribution in [2.24, 2.45) is 17.8 Å². The fourth-order valence-corrected chi connectivity index (χ4v) is 5.41. The normalized spacial score (nSPS) is 31.3. The topological polar surface area (TPSA) is 32.8 Å². The number of carbonyl (C=O) groups excluding carboxylic acids is 1. The molecule has 3 heterocycles. The van der Waals surface area contributed by atoms with Gasteiger partial charge >= 0.3 is 6.09 Å². The van der Waals surface area contributed by atoms with Gasteiger partial charge in [-0.3, -0.25) is 9.80 Å². The lowest BCUT2D eigenvalue weighted by molar-refractivity contribution is -0.0312. The van der Waals surface area contributed by atoms with Crippen LogP contribution in [0.15, 0.2) is 36.4 Å². The zero-order valence-corrected chi connectivity index (χ0v) is 18.1. The molecule has 4 nitrogen and oxygen atoms in total. The molecule has 1 amide bonds. The summed E-state index contributed by atoms with van der Waals surface area (Å²) in [6, 6.07) is 8.28. The number of rotatable bonds is 5. The molecule has 1 aromatic carbocycles. The first-order valence-corrected chi connectivity index (χ1v) is 11.4. The van der Waals surface area contributed by atoms with Gasteiger partial charge in [-0.25, -0.2) is 4.79 Å². The van der Waals surface area contributed by atoms with E-state index in [0.29, 0.717) is 17.8 Å². The highest BCUT2D eigenvalue weighted by Gasteiger charge is 2.38. The Hall–Kier alpha value is -1.81. The predicted octanol–water partition coefficient (Wildman–Crippen LogP) is 5.41. The molecule has 4 heteroatoms. The molecule has 1 saturated carbocycles. The Kier molecular flexibility index (Phi) is 6.29. The van der Waals surface area contributed by atoms with Gasteiger partial charge in [0.15, 0.2) is 0 Å². The van der Waals surface area contributed by atoms with Crippen molar-refractivity contribution in [3.8, 4) is 0 Å². The Morgan fingerprint density at radius 3 is 2.48 bits per heavy atom. The number of anilines is 1. The average Bonchev–Trinajstić information content (AvgIpc) is 2.73. The molecular weight excluding hydrogens is 360 g/mol. The van der Waals surface area contributed by atoms with E-state index in [-0.39, 0.29) is 12.2 Å². The van der Waals surface area contributed by atoms with Crippen LogP contribution in [-0.2, 0) is 4.74 Å². The van der Waals surface area contributed by atoms with Gasteiger partial charge in [0.05, 0.1) is 0 Å². The van der Waals surface area contributed by atoms with Crippen LogP contribution in [0, 0.1) is 24.7 Å². The van der Waals surface area contributed by atoms with Gasteiger partial charge in [-0.05, 0) is 101 Å². The third kappa shape index (κ3) is 4.85. The maximum Gasteiger partial charge on any atom is 0.414 e. The summed E-state index contributed by atoms with van der Waals surface area (Å²) < 4.78 is 6.11. The smallest absolute Gasteiger partial charge is 0.414 e. The van der Waals surface area contributed by atoms with Gasteiger partial charge in [0.1, 0.15) is 6.10 Å². The standard InChI is InChI=1S/C25H36N2O2/c1-18(2)21-9-7-20(8-10-21)16-27(23-6-4-5-19(3)15-23)25(28)29-24-17-26-13-11-22(24)12-14-26/h4-6,15,20-22,24H,1,7-14,16-17H2,2-3H3/t20?,21?,24-/m0/s1. The maximum absolute atomic E-state index is 13.3. The number of hydrogen-bond acceptors (Lipinski definition) is 3. The highest BCUT2D eigenvalue weighted by Crippen LogP contribution is 2.35. The zero-order valence-electron chi connectivity index (χ0n) is 18.1. The fraction of sp³-hybridized carbons (Fsp3) is 0.640. The molecule has 3 aliphatic heterocycles. The van der Waals surface area contributed by atoms with Crippen LogP contribution in [0.25, 0.3) is 0 Å². The highest BCUT2D eigenvalue weighted by molar-refractivity contribution is 5.87. The predicted molar refractivity (Wildman–Crippen MR) is 118 cm³/mol. The number of ether oxygens (including phenoxy) is 1.